The number of rotatable bonds is 0. The van der Waals surface area contributed by atoms with E-state index in [0.29, 0.717) is 5.92 Å². The average Bonchev–Trinajstić information content (AvgIpc) is 2.88. The fraction of sp³-hybridized carbons (Fsp3) is 1.00. The maximum Gasteiger partial charge on any atom is 0.0574 e. The maximum atomic E-state index is 10.5. The zero-order valence-electron chi connectivity index (χ0n) is 11.9. The fourth-order valence-electron chi connectivity index (χ4n) is 6.46. The van der Waals surface area contributed by atoms with Crippen molar-refractivity contribution in [3.63, 3.8) is 0 Å². The Morgan fingerprint density at radius 1 is 0.579 bits per heavy atom. The molecule has 0 spiro atoms. The molecule has 2 N–H and O–H groups in total. The summed E-state index contributed by atoms with van der Waals surface area (Å²) in [5.74, 6) is 4.73. The molecular formula is C17H28O2. The number of hydrogen-bond acceptors (Lipinski definition) is 2. The molecule has 0 bridgehead atoms. The molecule has 0 aromatic carbocycles. The summed E-state index contributed by atoms with van der Waals surface area (Å²) in [5, 5.41) is 20.4. The highest BCUT2D eigenvalue weighted by Crippen LogP contribution is 2.57. The molecule has 4 saturated carbocycles. The molecule has 4 aliphatic rings. The molecule has 0 amide bonds. The summed E-state index contributed by atoms with van der Waals surface area (Å²) in [4.78, 5) is 0. The Hall–Kier alpha value is -0.0800. The highest BCUT2D eigenvalue weighted by molar-refractivity contribution is 5.01. The van der Waals surface area contributed by atoms with Crippen LogP contribution < -0.4 is 0 Å². The summed E-state index contributed by atoms with van der Waals surface area (Å²) in [7, 11) is 0. The van der Waals surface area contributed by atoms with Gasteiger partial charge in [0, 0.05) is 0 Å². The molecule has 0 aliphatic heterocycles. The fourth-order valence-corrected chi connectivity index (χ4v) is 6.46. The molecule has 19 heavy (non-hydrogen) atoms. The Bertz CT molecular complexity index is 342. The first-order valence-corrected chi connectivity index (χ1v) is 8.60. The number of aliphatic hydroxyl groups is 2. The van der Waals surface area contributed by atoms with Crippen molar-refractivity contribution in [3.8, 4) is 0 Å². The van der Waals surface area contributed by atoms with E-state index < -0.39 is 0 Å². The van der Waals surface area contributed by atoms with Gasteiger partial charge in [-0.2, -0.15) is 0 Å². The zero-order chi connectivity index (χ0) is 13.0. The minimum absolute atomic E-state index is 0.0145. The van der Waals surface area contributed by atoms with Crippen molar-refractivity contribution < 1.29 is 10.2 Å². The molecule has 4 fully saturated rings. The molecule has 0 aromatic heterocycles. The molecule has 0 radical (unpaired) electrons. The standard InChI is InChI=1S/C17H28O2/c18-11-5-7-12-10(8-11)4-6-14-13-2-1-3-15(13)17(19)9-16(12)14/h10-19H,1-9H2. The highest BCUT2D eigenvalue weighted by Gasteiger charge is 2.52. The van der Waals surface area contributed by atoms with Gasteiger partial charge in [0.25, 0.3) is 0 Å². The van der Waals surface area contributed by atoms with Gasteiger partial charge in [0.2, 0.25) is 0 Å². The first-order chi connectivity index (χ1) is 9.24. The Balaban J connectivity index is 1.56. The van der Waals surface area contributed by atoms with Gasteiger partial charge >= 0.3 is 0 Å². The zero-order valence-corrected chi connectivity index (χ0v) is 11.9. The van der Waals surface area contributed by atoms with Crippen LogP contribution in [0.15, 0.2) is 0 Å². The van der Waals surface area contributed by atoms with E-state index in [2.05, 4.69) is 0 Å². The summed E-state index contributed by atoms with van der Waals surface area (Å²) in [5.41, 5.74) is 0. The van der Waals surface area contributed by atoms with Crippen molar-refractivity contribution in [2.75, 3.05) is 0 Å². The Labute approximate surface area is 116 Å². The van der Waals surface area contributed by atoms with E-state index >= 15 is 0 Å². The first-order valence-electron chi connectivity index (χ1n) is 8.60. The molecule has 0 saturated heterocycles. The first kappa shape index (κ1) is 12.6. The molecule has 2 heteroatoms. The van der Waals surface area contributed by atoms with Gasteiger partial charge in [-0.05, 0) is 86.9 Å². The third kappa shape index (κ3) is 1.98. The van der Waals surface area contributed by atoms with Gasteiger partial charge in [-0.25, -0.2) is 0 Å². The van der Waals surface area contributed by atoms with Crippen molar-refractivity contribution in [1.29, 1.82) is 0 Å². The van der Waals surface area contributed by atoms with E-state index in [9.17, 15) is 10.2 Å². The van der Waals surface area contributed by atoms with Crippen molar-refractivity contribution in [2.24, 2.45) is 35.5 Å². The van der Waals surface area contributed by atoms with Gasteiger partial charge in [-0.1, -0.05) is 6.42 Å². The lowest BCUT2D eigenvalue weighted by atomic mass is 9.53. The molecule has 8 unspecified atom stereocenters. The largest absolute Gasteiger partial charge is 0.393 e. The molecule has 0 aromatic rings. The number of hydrogen-bond donors (Lipinski definition) is 2. The quantitative estimate of drug-likeness (QED) is 0.706. The number of aliphatic hydroxyl groups excluding tert-OH is 2. The normalized spacial score (nSPS) is 57.2. The van der Waals surface area contributed by atoms with Crippen LogP contribution in [0.2, 0.25) is 0 Å². The second-order valence-electron chi connectivity index (χ2n) is 7.86. The predicted octanol–water partition coefficient (Wildman–Crippen LogP) is 2.97. The lowest BCUT2D eigenvalue weighted by Crippen LogP contribution is -2.49. The Morgan fingerprint density at radius 2 is 1.32 bits per heavy atom. The third-order valence-electron chi connectivity index (χ3n) is 7.17. The van der Waals surface area contributed by atoms with E-state index in [4.69, 9.17) is 0 Å². The van der Waals surface area contributed by atoms with Crippen LogP contribution in [-0.2, 0) is 0 Å². The van der Waals surface area contributed by atoms with E-state index in [1.807, 2.05) is 0 Å². The maximum absolute atomic E-state index is 10.5. The van der Waals surface area contributed by atoms with Crippen LogP contribution in [0.3, 0.4) is 0 Å². The molecule has 8 atom stereocenters. The lowest BCUT2D eigenvalue weighted by molar-refractivity contribution is -0.0894. The molecule has 2 nitrogen and oxygen atoms in total. The summed E-state index contributed by atoms with van der Waals surface area (Å²) in [6.45, 7) is 0. The Morgan fingerprint density at radius 3 is 2.21 bits per heavy atom. The summed E-state index contributed by atoms with van der Waals surface area (Å²) >= 11 is 0. The van der Waals surface area contributed by atoms with Gasteiger partial charge in [-0.15, -0.1) is 0 Å². The predicted molar refractivity (Wildman–Crippen MR) is 74.5 cm³/mol. The van der Waals surface area contributed by atoms with Crippen LogP contribution in [0.4, 0.5) is 0 Å². The van der Waals surface area contributed by atoms with Crippen molar-refractivity contribution in [1.82, 2.24) is 0 Å². The topological polar surface area (TPSA) is 40.5 Å². The van der Waals surface area contributed by atoms with Gasteiger partial charge in [0.1, 0.15) is 0 Å². The van der Waals surface area contributed by atoms with E-state index in [1.54, 1.807) is 0 Å². The van der Waals surface area contributed by atoms with E-state index in [0.717, 1.165) is 48.9 Å². The second kappa shape index (κ2) is 4.73. The van der Waals surface area contributed by atoms with Crippen LogP contribution in [0.5, 0.6) is 0 Å². The van der Waals surface area contributed by atoms with Crippen molar-refractivity contribution in [3.05, 3.63) is 0 Å². The summed E-state index contributed by atoms with van der Waals surface area (Å²) in [6.07, 6.45) is 11.0. The molecule has 0 heterocycles. The second-order valence-corrected chi connectivity index (χ2v) is 7.86. The van der Waals surface area contributed by atoms with E-state index in [-0.39, 0.29) is 12.2 Å². The van der Waals surface area contributed by atoms with Crippen LogP contribution >= 0.6 is 0 Å². The van der Waals surface area contributed by atoms with Gasteiger partial charge in [0.05, 0.1) is 12.2 Å². The van der Waals surface area contributed by atoms with Crippen LogP contribution in [0.25, 0.3) is 0 Å². The van der Waals surface area contributed by atoms with Gasteiger partial charge in [0.15, 0.2) is 0 Å². The summed E-state index contributed by atoms with van der Waals surface area (Å²) in [6, 6.07) is 0. The van der Waals surface area contributed by atoms with Crippen LogP contribution in [0.1, 0.15) is 57.8 Å². The van der Waals surface area contributed by atoms with Gasteiger partial charge < -0.3 is 10.2 Å². The van der Waals surface area contributed by atoms with Crippen LogP contribution in [0, 0.1) is 35.5 Å². The minimum atomic E-state index is -0.0365. The average molecular weight is 264 g/mol. The van der Waals surface area contributed by atoms with Crippen LogP contribution in [-0.4, -0.2) is 22.4 Å². The summed E-state index contributed by atoms with van der Waals surface area (Å²) < 4.78 is 0. The van der Waals surface area contributed by atoms with E-state index in [1.165, 1.54) is 38.5 Å². The Kier molecular flexibility index (Phi) is 3.15. The number of fused-ring (bicyclic) bond motifs is 5. The highest BCUT2D eigenvalue weighted by atomic mass is 16.3. The smallest absolute Gasteiger partial charge is 0.0574 e. The van der Waals surface area contributed by atoms with Crippen molar-refractivity contribution >= 4 is 0 Å². The van der Waals surface area contributed by atoms with Crippen molar-refractivity contribution in [2.45, 2.75) is 70.0 Å². The monoisotopic (exact) mass is 264 g/mol. The minimum Gasteiger partial charge on any atom is -0.393 e. The molecule has 4 aliphatic carbocycles. The molecule has 108 valence electrons. The third-order valence-corrected chi connectivity index (χ3v) is 7.17. The van der Waals surface area contributed by atoms with Gasteiger partial charge in [-0.3, -0.25) is 0 Å². The molecule has 4 rings (SSSR count). The SMILES string of the molecule is OC1CCC2C(CCC3C4CCCC4C(O)CC23)C1. The molecular weight excluding hydrogens is 236 g/mol. The lowest BCUT2D eigenvalue weighted by Gasteiger charge is -2.53.